The summed E-state index contributed by atoms with van der Waals surface area (Å²) >= 11 is 0. The van der Waals surface area contributed by atoms with Gasteiger partial charge in [-0.25, -0.2) is 4.79 Å². The molecule has 0 aliphatic heterocycles. The van der Waals surface area contributed by atoms with Gasteiger partial charge in [0.15, 0.2) is 0 Å². The molecule has 27 heavy (non-hydrogen) atoms. The standard InChI is InChI=1S/C20H21N3O4/c1-20(2,3)27-19(25)23-5-4-16(22-23)12-26-17-8-14-6-13(11-24)7-18(14)15(9-17)10-21/h4-5,8-9,11,13H,6-7,12H2,1-3H3. The number of benzene rings is 1. The average Bonchev–Trinajstić information content (AvgIpc) is 3.24. The Morgan fingerprint density at radius 3 is 2.85 bits per heavy atom. The summed E-state index contributed by atoms with van der Waals surface area (Å²) in [5.74, 6) is 0.468. The Labute approximate surface area is 157 Å². The van der Waals surface area contributed by atoms with Crippen LogP contribution in [-0.2, 0) is 29.0 Å². The fraction of sp³-hybridized carbons (Fsp3) is 0.400. The number of hydrogen-bond acceptors (Lipinski definition) is 6. The van der Waals surface area contributed by atoms with Crippen LogP contribution in [0.3, 0.4) is 0 Å². The summed E-state index contributed by atoms with van der Waals surface area (Å²) in [5, 5.41) is 13.5. The van der Waals surface area contributed by atoms with Gasteiger partial charge in [0.1, 0.15) is 29.9 Å². The Kier molecular flexibility index (Phi) is 5.00. The maximum absolute atomic E-state index is 12.0. The molecule has 1 heterocycles. The van der Waals surface area contributed by atoms with Crippen molar-refractivity contribution in [2.24, 2.45) is 5.92 Å². The number of hydrogen-bond donors (Lipinski definition) is 0. The van der Waals surface area contributed by atoms with E-state index in [1.807, 2.05) is 6.07 Å². The second kappa shape index (κ2) is 7.23. The van der Waals surface area contributed by atoms with E-state index in [1.54, 1.807) is 32.9 Å². The molecule has 140 valence electrons. The monoisotopic (exact) mass is 367 g/mol. The minimum atomic E-state index is -0.600. The van der Waals surface area contributed by atoms with Gasteiger partial charge in [0.25, 0.3) is 0 Å². The molecule has 3 rings (SSSR count). The van der Waals surface area contributed by atoms with E-state index in [-0.39, 0.29) is 12.5 Å². The van der Waals surface area contributed by atoms with Crippen LogP contribution in [0.25, 0.3) is 0 Å². The predicted octanol–water partition coefficient (Wildman–Crippen LogP) is 3.03. The van der Waals surface area contributed by atoms with Crippen LogP contribution in [0.4, 0.5) is 4.79 Å². The zero-order valence-electron chi connectivity index (χ0n) is 15.6. The van der Waals surface area contributed by atoms with E-state index in [4.69, 9.17) is 9.47 Å². The van der Waals surface area contributed by atoms with Crippen molar-refractivity contribution < 1.29 is 19.1 Å². The van der Waals surface area contributed by atoms with Gasteiger partial charge in [-0.1, -0.05) is 0 Å². The van der Waals surface area contributed by atoms with Gasteiger partial charge in [0.05, 0.1) is 11.6 Å². The summed E-state index contributed by atoms with van der Waals surface area (Å²) in [6.07, 6.45) is 3.12. The first kappa shape index (κ1) is 18.6. The van der Waals surface area contributed by atoms with Crippen molar-refractivity contribution in [2.75, 3.05) is 0 Å². The maximum atomic E-state index is 12.0. The summed E-state index contributed by atoms with van der Waals surface area (Å²) in [4.78, 5) is 23.0. The molecule has 0 radical (unpaired) electrons. The molecule has 1 atom stereocenters. The normalized spacial score (nSPS) is 15.7. The smallest absolute Gasteiger partial charge is 0.435 e. The lowest BCUT2D eigenvalue weighted by molar-refractivity contribution is -0.110. The van der Waals surface area contributed by atoms with Crippen LogP contribution < -0.4 is 4.74 Å². The lowest BCUT2D eigenvalue weighted by Gasteiger charge is -2.18. The zero-order valence-corrected chi connectivity index (χ0v) is 15.6. The first-order chi connectivity index (χ1) is 12.8. The van der Waals surface area contributed by atoms with Crippen molar-refractivity contribution in [3.63, 3.8) is 0 Å². The fourth-order valence-electron chi connectivity index (χ4n) is 3.03. The van der Waals surface area contributed by atoms with Gasteiger partial charge in [-0.05, 0) is 62.9 Å². The van der Waals surface area contributed by atoms with Crippen LogP contribution in [0.1, 0.15) is 43.2 Å². The molecular formula is C20H21N3O4. The SMILES string of the molecule is CC(C)(C)OC(=O)n1ccc(COc2cc(C#N)c3c(c2)CC(C=O)C3)n1. The van der Waals surface area contributed by atoms with Gasteiger partial charge in [0.2, 0.25) is 0 Å². The Morgan fingerprint density at radius 2 is 2.19 bits per heavy atom. The highest BCUT2D eigenvalue weighted by Crippen LogP contribution is 2.32. The van der Waals surface area contributed by atoms with Crippen LogP contribution in [-0.4, -0.2) is 27.8 Å². The molecule has 2 aromatic rings. The largest absolute Gasteiger partial charge is 0.487 e. The molecule has 7 nitrogen and oxygen atoms in total. The summed E-state index contributed by atoms with van der Waals surface area (Å²) in [6, 6.07) is 7.39. The number of ether oxygens (including phenoxy) is 2. The van der Waals surface area contributed by atoms with Crippen LogP contribution in [0, 0.1) is 17.2 Å². The molecule has 0 fully saturated rings. The Morgan fingerprint density at radius 1 is 1.41 bits per heavy atom. The first-order valence-electron chi connectivity index (χ1n) is 8.71. The van der Waals surface area contributed by atoms with E-state index in [2.05, 4.69) is 11.2 Å². The molecule has 0 amide bonds. The van der Waals surface area contributed by atoms with Crippen LogP contribution >= 0.6 is 0 Å². The highest BCUT2D eigenvalue weighted by Gasteiger charge is 2.25. The van der Waals surface area contributed by atoms with Crippen molar-refractivity contribution in [1.82, 2.24) is 9.78 Å². The molecule has 7 heteroatoms. The molecule has 1 aliphatic rings. The third-order valence-electron chi connectivity index (χ3n) is 4.19. The highest BCUT2D eigenvalue weighted by molar-refractivity contribution is 5.69. The Balaban J connectivity index is 1.69. The first-order valence-corrected chi connectivity index (χ1v) is 8.71. The zero-order chi connectivity index (χ0) is 19.6. The van der Waals surface area contributed by atoms with E-state index in [0.29, 0.717) is 29.8 Å². The number of aldehydes is 1. The summed E-state index contributed by atoms with van der Waals surface area (Å²) in [5.41, 5.74) is 2.39. The van der Waals surface area contributed by atoms with Crippen molar-refractivity contribution in [1.29, 1.82) is 5.26 Å². The third kappa shape index (κ3) is 4.34. The molecule has 1 aromatic heterocycles. The van der Waals surface area contributed by atoms with Gasteiger partial charge >= 0.3 is 6.09 Å². The molecule has 1 aromatic carbocycles. The van der Waals surface area contributed by atoms with Gasteiger partial charge in [-0.15, -0.1) is 0 Å². The van der Waals surface area contributed by atoms with E-state index in [1.165, 1.54) is 6.20 Å². The number of rotatable bonds is 4. The van der Waals surface area contributed by atoms with Gasteiger partial charge in [0, 0.05) is 12.1 Å². The van der Waals surface area contributed by atoms with Crippen LogP contribution in [0.5, 0.6) is 5.75 Å². The molecule has 0 bridgehead atoms. The fourth-order valence-corrected chi connectivity index (χ4v) is 3.03. The lowest BCUT2D eigenvalue weighted by Crippen LogP contribution is -2.27. The average molecular weight is 367 g/mol. The summed E-state index contributed by atoms with van der Waals surface area (Å²) in [6.45, 7) is 5.51. The molecule has 0 saturated carbocycles. The number of fused-ring (bicyclic) bond motifs is 1. The number of carbonyl (C=O) groups excluding carboxylic acids is 2. The molecule has 1 aliphatic carbocycles. The van der Waals surface area contributed by atoms with E-state index < -0.39 is 11.7 Å². The van der Waals surface area contributed by atoms with Crippen molar-refractivity contribution in [2.45, 2.75) is 45.8 Å². The minimum Gasteiger partial charge on any atom is -0.487 e. The minimum absolute atomic E-state index is 0.0770. The van der Waals surface area contributed by atoms with Crippen molar-refractivity contribution in [3.8, 4) is 11.8 Å². The van der Waals surface area contributed by atoms with Crippen molar-refractivity contribution in [3.05, 3.63) is 46.8 Å². The number of carbonyl (C=O) groups is 2. The van der Waals surface area contributed by atoms with Crippen LogP contribution in [0.2, 0.25) is 0 Å². The highest BCUT2D eigenvalue weighted by atomic mass is 16.6. The van der Waals surface area contributed by atoms with Gasteiger partial charge < -0.3 is 14.3 Å². The van der Waals surface area contributed by atoms with E-state index in [0.717, 1.165) is 22.1 Å². The van der Waals surface area contributed by atoms with E-state index in [9.17, 15) is 14.9 Å². The molecule has 1 unspecified atom stereocenters. The number of nitrogens with zero attached hydrogens (tertiary/aromatic N) is 3. The Hall–Kier alpha value is -3.14. The Bertz CT molecular complexity index is 918. The van der Waals surface area contributed by atoms with Gasteiger partial charge in [-0.3, -0.25) is 0 Å². The topological polar surface area (TPSA) is 94.2 Å². The molecule has 0 spiro atoms. The predicted molar refractivity (Wildman–Crippen MR) is 96.3 cm³/mol. The second-order valence-corrected chi connectivity index (χ2v) is 7.55. The summed E-state index contributed by atoms with van der Waals surface area (Å²) < 4.78 is 12.1. The molecule has 0 saturated heterocycles. The molecular weight excluding hydrogens is 346 g/mol. The lowest BCUT2D eigenvalue weighted by atomic mass is 10.0. The maximum Gasteiger partial charge on any atom is 0.435 e. The molecule has 0 N–H and O–H groups in total. The third-order valence-corrected chi connectivity index (χ3v) is 4.19. The quantitative estimate of drug-likeness (QED) is 0.771. The number of nitriles is 1. The second-order valence-electron chi connectivity index (χ2n) is 7.55. The number of aromatic nitrogens is 2. The van der Waals surface area contributed by atoms with Gasteiger partial charge in [-0.2, -0.15) is 15.0 Å². The van der Waals surface area contributed by atoms with E-state index >= 15 is 0 Å². The van der Waals surface area contributed by atoms with Crippen molar-refractivity contribution >= 4 is 12.4 Å². The van der Waals surface area contributed by atoms with Crippen LogP contribution in [0.15, 0.2) is 24.4 Å². The summed E-state index contributed by atoms with van der Waals surface area (Å²) in [7, 11) is 0.